The molecule has 0 aliphatic heterocycles. The van der Waals surface area contributed by atoms with Gasteiger partial charge in [0, 0.05) is 17.4 Å². The number of nitrogens with two attached hydrogens (primary N) is 1. The average Bonchev–Trinajstić information content (AvgIpc) is 2.53. The number of pyridine rings is 1. The van der Waals surface area contributed by atoms with Gasteiger partial charge in [0.05, 0.1) is 6.54 Å². The lowest BCUT2D eigenvalue weighted by molar-refractivity contribution is -0.117. The number of amides is 3. The Morgan fingerprint density at radius 3 is 2.55 bits per heavy atom. The van der Waals surface area contributed by atoms with Crippen molar-refractivity contribution in [3.63, 3.8) is 0 Å². The molecule has 4 N–H and O–H groups in total. The Bertz CT molecular complexity index is 701. The minimum Gasteiger partial charge on any atom is -0.368 e. The summed E-state index contributed by atoms with van der Waals surface area (Å²) in [5.74, 6) is -1.46. The lowest BCUT2D eigenvalue weighted by Crippen LogP contribution is -2.33. The highest BCUT2D eigenvalue weighted by molar-refractivity contribution is 6.04. The Balaban J connectivity index is 2.07. The van der Waals surface area contributed by atoms with Crippen LogP contribution in [0.3, 0.4) is 0 Å². The number of nitrogens with zero attached hydrogens (tertiary/aromatic N) is 1. The maximum absolute atomic E-state index is 12.0. The summed E-state index contributed by atoms with van der Waals surface area (Å²) in [4.78, 5) is 38.4. The van der Waals surface area contributed by atoms with Crippen molar-refractivity contribution in [2.24, 2.45) is 5.73 Å². The number of aromatic nitrogens is 1. The zero-order valence-corrected chi connectivity index (χ0v) is 11.6. The minimum atomic E-state index is -0.632. The second kappa shape index (κ2) is 6.98. The topological polar surface area (TPSA) is 114 Å². The van der Waals surface area contributed by atoms with E-state index in [9.17, 15) is 14.4 Å². The van der Waals surface area contributed by atoms with Crippen LogP contribution < -0.4 is 16.4 Å². The molecule has 2 rings (SSSR count). The summed E-state index contributed by atoms with van der Waals surface area (Å²) in [5.41, 5.74) is 5.98. The third-order valence-corrected chi connectivity index (χ3v) is 2.70. The number of rotatable bonds is 5. The third-order valence-electron chi connectivity index (χ3n) is 2.70. The predicted octanol–water partition coefficient (Wildman–Crippen LogP) is 0.549. The molecule has 0 atom stereocenters. The predicted molar refractivity (Wildman–Crippen MR) is 80.2 cm³/mol. The van der Waals surface area contributed by atoms with Crippen molar-refractivity contribution >= 4 is 23.4 Å². The highest BCUT2D eigenvalue weighted by Crippen LogP contribution is 2.11. The van der Waals surface area contributed by atoms with Gasteiger partial charge in [0.15, 0.2) is 0 Å². The summed E-state index contributed by atoms with van der Waals surface area (Å²) < 4.78 is 0. The van der Waals surface area contributed by atoms with Crippen molar-refractivity contribution in [1.82, 2.24) is 10.3 Å². The van der Waals surface area contributed by atoms with Crippen molar-refractivity contribution < 1.29 is 14.4 Å². The quantitative estimate of drug-likeness (QED) is 0.747. The SMILES string of the molecule is NC(=O)CNC(=O)c1cccc(NC(=O)c2ccccn2)c1. The molecule has 3 amide bonds. The molecule has 0 unspecified atom stereocenters. The molecule has 0 fully saturated rings. The molecule has 112 valence electrons. The van der Waals surface area contributed by atoms with Gasteiger partial charge in [0.25, 0.3) is 11.8 Å². The fraction of sp³-hybridized carbons (Fsp3) is 0.0667. The molecule has 22 heavy (non-hydrogen) atoms. The largest absolute Gasteiger partial charge is 0.368 e. The van der Waals surface area contributed by atoms with Crippen LogP contribution in [0.25, 0.3) is 0 Å². The molecule has 0 aliphatic rings. The Labute approximate surface area is 126 Å². The molecule has 7 heteroatoms. The first-order chi connectivity index (χ1) is 10.6. The standard InChI is InChI=1S/C15H14N4O3/c16-13(20)9-18-14(21)10-4-3-5-11(8-10)19-15(22)12-6-1-2-7-17-12/h1-8H,9H2,(H2,16,20)(H,18,21)(H,19,22). The lowest BCUT2D eigenvalue weighted by atomic mass is 10.2. The zero-order valence-electron chi connectivity index (χ0n) is 11.6. The first-order valence-corrected chi connectivity index (χ1v) is 6.45. The van der Waals surface area contributed by atoms with E-state index in [-0.39, 0.29) is 18.1 Å². The molecule has 0 radical (unpaired) electrons. The summed E-state index contributed by atoms with van der Waals surface area (Å²) in [6, 6.07) is 11.3. The summed E-state index contributed by atoms with van der Waals surface area (Å²) in [6.45, 7) is -0.247. The number of carbonyl (C=O) groups is 3. The van der Waals surface area contributed by atoms with Gasteiger partial charge in [-0.2, -0.15) is 0 Å². The molecule has 1 heterocycles. The molecular formula is C15H14N4O3. The smallest absolute Gasteiger partial charge is 0.274 e. The summed E-state index contributed by atoms with van der Waals surface area (Å²) in [6.07, 6.45) is 1.52. The zero-order chi connectivity index (χ0) is 15.9. The number of hydrogen-bond acceptors (Lipinski definition) is 4. The van der Waals surface area contributed by atoms with E-state index < -0.39 is 11.8 Å². The van der Waals surface area contributed by atoms with Gasteiger partial charge < -0.3 is 16.4 Å². The molecule has 0 aliphatic carbocycles. The number of benzene rings is 1. The van der Waals surface area contributed by atoms with E-state index in [1.54, 1.807) is 36.4 Å². The van der Waals surface area contributed by atoms with E-state index in [1.165, 1.54) is 12.3 Å². The van der Waals surface area contributed by atoms with Crippen LogP contribution in [0, 0.1) is 0 Å². The number of hydrogen-bond donors (Lipinski definition) is 3. The normalized spacial score (nSPS) is 9.82. The Morgan fingerprint density at radius 1 is 1.05 bits per heavy atom. The van der Waals surface area contributed by atoms with E-state index in [4.69, 9.17) is 5.73 Å². The molecule has 0 saturated heterocycles. The maximum Gasteiger partial charge on any atom is 0.274 e. The molecule has 0 bridgehead atoms. The van der Waals surface area contributed by atoms with Gasteiger partial charge in [-0.1, -0.05) is 12.1 Å². The van der Waals surface area contributed by atoms with Crippen LogP contribution in [0.15, 0.2) is 48.7 Å². The fourth-order valence-electron chi connectivity index (χ4n) is 1.70. The highest BCUT2D eigenvalue weighted by Gasteiger charge is 2.10. The molecular weight excluding hydrogens is 284 g/mol. The van der Waals surface area contributed by atoms with Gasteiger partial charge in [-0.3, -0.25) is 19.4 Å². The van der Waals surface area contributed by atoms with Crippen LogP contribution in [-0.4, -0.2) is 29.3 Å². The van der Waals surface area contributed by atoms with E-state index in [0.29, 0.717) is 11.3 Å². The highest BCUT2D eigenvalue weighted by atomic mass is 16.2. The van der Waals surface area contributed by atoms with Gasteiger partial charge in [-0.05, 0) is 30.3 Å². The van der Waals surface area contributed by atoms with Gasteiger partial charge in [0.1, 0.15) is 5.69 Å². The van der Waals surface area contributed by atoms with Crippen LogP contribution in [0.5, 0.6) is 0 Å². The van der Waals surface area contributed by atoms with Gasteiger partial charge >= 0.3 is 0 Å². The Hall–Kier alpha value is -3.22. The Kier molecular flexibility index (Phi) is 4.81. The van der Waals surface area contributed by atoms with Crippen LogP contribution in [-0.2, 0) is 4.79 Å². The minimum absolute atomic E-state index is 0.247. The van der Waals surface area contributed by atoms with Gasteiger partial charge in [-0.25, -0.2) is 0 Å². The second-order valence-corrected chi connectivity index (χ2v) is 4.40. The van der Waals surface area contributed by atoms with E-state index in [2.05, 4.69) is 15.6 Å². The third kappa shape index (κ3) is 4.14. The number of primary amides is 1. The first kappa shape index (κ1) is 15.2. The van der Waals surface area contributed by atoms with Crippen LogP contribution >= 0.6 is 0 Å². The van der Waals surface area contributed by atoms with Crippen LogP contribution in [0.1, 0.15) is 20.8 Å². The summed E-state index contributed by atoms with van der Waals surface area (Å²) in [7, 11) is 0. The summed E-state index contributed by atoms with van der Waals surface area (Å²) in [5, 5.41) is 5.02. The molecule has 0 spiro atoms. The number of anilines is 1. The molecule has 1 aromatic heterocycles. The fourth-order valence-corrected chi connectivity index (χ4v) is 1.70. The second-order valence-electron chi connectivity index (χ2n) is 4.40. The Morgan fingerprint density at radius 2 is 1.86 bits per heavy atom. The van der Waals surface area contributed by atoms with Crippen molar-refractivity contribution in [2.75, 3.05) is 11.9 Å². The van der Waals surface area contributed by atoms with Crippen molar-refractivity contribution in [3.8, 4) is 0 Å². The molecule has 7 nitrogen and oxygen atoms in total. The summed E-state index contributed by atoms with van der Waals surface area (Å²) >= 11 is 0. The maximum atomic E-state index is 12.0. The van der Waals surface area contributed by atoms with Crippen molar-refractivity contribution in [3.05, 3.63) is 59.9 Å². The lowest BCUT2D eigenvalue weighted by Gasteiger charge is -2.07. The van der Waals surface area contributed by atoms with Gasteiger partial charge in [0.2, 0.25) is 5.91 Å². The molecule has 0 saturated carbocycles. The number of nitrogens with one attached hydrogen (secondary N) is 2. The first-order valence-electron chi connectivity index (χ1n) is 6.45. The average molecular weight is 298 g/mol. The van der Waals surface area contributed by atoms with Crippen molar-refractivity contribution in [1.29, 1.82) is 0 Å². The monoisotopic (exact) mass is 298 g/mol. The molecule has 2 aromatic rings. The van der Waals surface area contributed by atoms with E-state index >= 15 is 0 Å². The van der Waals surface area contributed by atoms with Crippen molar-refractivity contribution in [2.45, 2.75) is 0 Å². The molecule has 1 aromatic carbocycles. The van der Waals surface area contributed by atoms with E-state index in [1.807, 2.05) is 0 Å². The van der Waals surface area contributed by atoms with Crippen LogP contribution in [0.2, 0.25) is 0 Å². The van der Waals surface area contributed by atoms with Gasteiger partial charge in [-0.15, -0.1) is 0 Å². The van der Waals surface area contributed by atoms with E-state index in [0.717, 1.165) is 0 Å². The number of carbonyl (C=O) groups excluding carboxylic acids is 3. The van der Waals surface area contributed by atoms with Crippen LogP contribution in [0.4, 0.5) is 5.69 Å².